The van der Waals surface area contributed by atoms with E-state index in [0.29, 0.717) is 35.5 Å². The molecule has 0 atom stereocenters. The minimum absolute atomic E-state index is 0.114. The summed E-state index contributed by atoms with van der Waals surface area (Å²) in [5, 5.41) is 0.114. The molecule has 0 amide bonds. The molecule has 2 fully saturated rings. The molecule has 0 aliphatic heterocycles. The third-order valence-electron chi connectivity index (χ3n) is 7.40. The fourth-order valence-electron chi connectivity index (χ4n) is 4.54. The van der Waals surface area contributed by atoms with E-state index >= 15 is 0 Å². The minimum atomic E-state index is -0.579. The number of carbonyl (C=O) groups is 2. The second kappa shape index (κ2) is 15.4. The van der Waals surface area contributed by atoms with Gasteiger partial charge in [-0.05, 0) is 86.5 Å². The Morgan fingerprint density at radius 3 is 1.49 bits per heavy atom. The number of nitrogens with zero attached hydrogens (tertiary/aromatic N) is 4. The Balaban J connectivity index is 0.000000176. The van der Waals surface area contributed by atoms with Crippen molar-refractivity contribution in [3.8, 4) is 0 Å². The molecule has 248 valence electrons. The molecular weight excluding hydrogens is 642 g/mol. The van der Waals surface area contributed by atoms with Crippen LogP contribution in [0.4, 0.5) is 17.6 Å². The van der Waals surface area contributed by atoms with Gasteiger partial charge in [-0.2, -0.15) is 0 Å². The molecule has 6 rings (SSSR count). The van der Waals surface area contributed by atoms with Crippen LogP contribution in [-0.4, -0.2) is 45.1 Å². The molecule has 2 aromatic carbocycles. The van der Waals surface area contributed by atoms with Crippen molar-refractivity contribution in [2.75, 3.05) is 13.2 Å². The molecule has 2 N–H and O–H groups in total. The molecule has 0 radical (unpaired) electrons. The van der Waals surface area contributed by atoms with Crippen LogP contribution >= 0.6 is 11.6 Å². The number of rotatable bonds is 8. The number of benzene rings is 2. The summed E-state index contributed by atoms with van der Waals surface area (Å²) in [6.45, 7) is 4.08. The van der Waals surface area contributed by atoms with Gasteiger partial charge in [0.05, 0.1) is 24.3 Å². The first-order valence-corrected chi connectivity index (χ1v) is 15.1. The first-order chi connectivity index (χ1) is 22.4. The Morgan fingerprint density at radius 2 is 1.11 bits per heavy atom. The van der Waals surface area contributed by atoms with Crippen LogP contribution < -0.4 is 5.73 Å². The summed E-state index contributed by atoms with van der Waals surface area (Å²) in [7, 11) is 0. The van der Waals surface area contributed by atoms with Gasteiger partial charge in [0.15, 0.2) is 0 Å². The highest BCUT2D eigenvalue weighted by molar-refractivity contribution is 6.28. The highest BCUT2D eigenvalue weighted by atomic mass is 35.5. The molecule has 0 unspecified atom stereocenters. The van der Waals surface area contributed by atoms with Crippen molar-refractivity contribution in [1.29, 1.82) is 0 Å². The molecule has 2 heterocycles. The lowest BCUT2D eigenvalue weighted by atomic mass is 9.92. The van der Waals surface area contributed by atoms with E-state index < -0.39 is 40.7 Å². The molecular formula is C33H32ClF4N5O4. The quantitative estimate of drug-likeness (QED) is 0.128. The summed E-state index contributed by atoms with van der Waals surface area (Å²) in [6, 6.07) is 7.05. The molecule has 2 aliphatic carbocycles. The van der Waals surface area contributed by atoms with E-state index in [-0.39, 0.29) is 22.9 Å². The highest BCUT2D eigenvalue weighted by Crippen LogP contribution is 2.50. The molecule has 47 heavy (non-hydrogen) atoms. The zero-order chi connectivity index (χ0) is 34.2. The monoisotopic (exact) mass is 673 g/mol. The van der Waals surface area contributed by atoms with E-state index in [2.05, 4.69) is 19.9 Å². The summed E-state index contributed by atoms with van der Waals surface area (Å²) in [5.74, 6) is -2.63. The van der Waals surface area contributed by atoms with Crippen molar-refractivity contribution in [1.82, 2.24) is 19.9 Å². The molecule has 2 saturated carbocycles. The molecule has 14 heteroatoms. The van der Waals surface area contributed by atoms with Crippen LogP contribution in [-0.2, 0) is 26.8 Å². The standard InChI is InChI=1S/C17H16F2N2O2.C9H9F2N.C7H7ClN2O2/c1-2-23-16(22)11-9-20-15(21-10-11)8-17(3-4-17)12-5-13(18)7-14(19)6-12;10-7-3-6(4-8(11)5-7)9(12)1-2-9;1-2-12-6(11)5-3-9-7(8)10-4-5/h5-7,9-10H,2-4,8H2,1H3;3-5H,1-2,12H2;3-4H,2H2,1H3. The number of esters is 2. The summed E-state index contributed by atoms with van der Waals surface area (Å²) >= 11 is 5.42. The van der Waals surface area contributed by atoms with Crippen LogP contribution in [0.25, 0.3) is 0 Å². The van der Waals surface area contributed by atoms with Gasteiger partial charge in [-0.25, -0.2) is 47.1 Å². The average Bonchev–Trinajstić information content (AvgIpc) is 3.96. The Labute approximate surface area is 273 Å². The maximum absolute atomic E-state index is 13.4. The van der Waals surface area contributed by atoms with Gasteiger partial charge < -0.3 is 15.2 Å². The maximum atomic E-state index is 13.4. The van der Waals surface area contributed by atoms with Crippen molar-refractivity contribution < 1.29 is 36.6 Å². The van der Waals surface area contributed by atoms with Crippen LogP contribution in [0.3, 0.4) is 0 Å². The number of nitrogens with two attached hydrogens (primary N) is 1. The van der Waals surface area contributed by atoms with E-state index in [0.717, 1.165) is 37.8 Å². The average molecular weight is 674 g/mol. The van der Waals surface area contributed by atoms with Crippen molar-refractivity contribution in [2.45, 2.75) is 56.9 Å². The molecule has 2 aliphatic rings. The number of hydrogen-bond donors (Lipinski definition) is 1. The van der Waals surface area contributed by atoms with Gasteiger partial charge in [0.2, 0.25) is 5.28 Å². The van der Waals surface area contributed by atoms with Crippen LogP contribution in [0.1, 0.15) is 77.2 Å². The third kappa shape index (κ3) is 10.00. The second-order valence-electron chi connectivity index (χ2n) is 11.0. The van der Waals surface area contributed by atoms with E-state index in [1.807, 2.05) is 0 Å². The van der Waals surface area contributed by atoms with Crippen molar-refractivity contribution >= 4 is 23.5 Å². The zero-order valence-electron chi connectivity index (χ0n) is 25.6. The third-order valence-corrected chi connectivity index (χ3v) is 7.59. The van der Waals surface area contributed by atoms with Crippen LogP contribution in [0, 0.1) is 23.3 Å². The van der Waals surface area contributed by atoms with Gasteiger partial charge in [0.1, 0.15) is 29.1 Å². The first-order valence-electron chi connectivity index (χ1n) is 14.7. The van der Waals surface area contributed by atoms with E-state index in [9.17, 15) is 27.2 Å². The predicted molar refractivity (Wildman–Crippen MR) is 163 cm³/mol. The molecule has 2 aromatic heterocycles. The summed E-state index contributed by atoms with van der Waals surface area (Å²) in [4.78, 5) is 38.2. The fraction of sp³-hybridized carbons (Fsp3) is 0.333. The van der Waals surface area contributed by atoms with Crippen molar-refractivity contribution in [2.24, 2.45) is 5.73 Å². The SMILES string of the molecule is CCOC(=O)c1cnc(CC2(c3cc(F)cc(F)c3)CC2)nc1.CCOC(=O)c1cnc(Cl)nc1.NC1(c2cc(F)cc(F)c2)CC1. The number of hydrogen-bond acceptors (Lipinski definition) is 9. The Morgan fingerprint density at radius 1 is 0.702 bits per heavy atom. The Hall–Kier alpha value is -4.49. The van der Waals surface area contributed by atoms with Gasteiger partial charge in [-0.3, -0.25) is 0 Å². The Bertz CT molecular complexity index is 1660. The number of carbonyl (C=O) groups excluding carboxylic acids is 2. The van der Waals surface area contributed by atoms with Crippen molar-refractivity contribution in [3.63, 3.8) is 0 Å². The minimum Gasteiger partial charge on any atom is -0.462 e. The van der Waals surface area contributed by atoms with Gasteiger partial charge in [-0.1, -0.05) is 0 Å². The van der Waals surface area contributed by atoms with E-state index in [1.54, 1.807) is 13.8 Å². The normalized spacial score (nSPS) is 14.8. The molecule has 9 nitrogen and oxygen atoms in total. The lowest BCUT2D eigenvalue weighted by Crippen LogP contribution is -2.18. The predicted octanol–water partition coefficient (Wildman–Crippen LogP) is 6.43. The lowest BCUT2D eigenvalue weighted by Gasteiger charge is -2.15. The van der Waals surface area contributed by atoms with Gasteiger partial charge in [-0.15, -0.1) is 0 Å². The zero-order valence-corrected chi connectivity index (χ0v) is 26.4. The summed E-state index contributed by atoms with van der Waals surface area (Å²) in [5.41, 5.74) is 6.80. The largest absolute Gasteiger partial charge is 0.462 e. The van der Waals surface area contributed by atoms with Crippen LogP contribution in [0.2, 0.25) is 5.28 Å². The second-order valence-corrected chi connectivity index (χ2v) is 11.3. The summed E-state index contributed by atoms with van der Waals surface area (Å²) in [6.07, 6.45) is 9.27. The van der Waals surface area contributed by atoms with Gasteiger partial charge >= 0.3 is 11.9 Å². The van der Waals surface area contributed by atoms with Crippen LogP contribution in [0.5, 0.6) is 0 Å². The van der Waals surface area contributed by atoms with Gasteiger partial charge in [0, 0.05) is 54.3 Å². The number of ether oxygens (including phenoxy) is 2. The number of aromatic nitrogens is 4. The molecule has 0 spiro atoms. The smallest absolute Gasteiger partial charge is 0.341 e. The Kier molecular flexibility index (Phi) is 11.6. The molecule has 4 aromatic rings. The fourth-order valence-corrected chi connectivity index (χ4v) is 4.64. The highest BCUT2D eigenvalue weighted by Gasteiger charge is 2.45. The molecule has 0 bridgehead atoms. The first kappa shape index (κ1) is 35.4. The molecule has 0 saturated heterocycles. The topological polar surface area (TPSA) is 130 Å². The summed E-state index contributed by atoms with van der Waals surface area (Å²) < 4.78 is 61.8. The van der Waals surface area contributed by atoms with Crippen LogP contribution in [0.15, 0.2) is 61.2 Å². The number of halogens is 5. The van der Waals surface area contributed by atoms with E-state index in [1.165, 1.54) is 49.1 Å². The maximum Gasteiger partial charge on any atom is 0.341 e. The van der Waals surface area contributed by atoms with Gasteiger partial charge in [0.25, 0.3) is 0 Å². The van der Waals surface area contributed by atoms with E-state index in [4.69, 9.17) is 26.8 Å². The lowest BCUT2D eigenvalue weighted by molar-refractivity contribution is 0.0515. The van der Waals surface area contributed by atoms with Crippen molar-refractivity contribution in [3.05, 3.63) is 118 Å².